The average Bonchev–Trinajstić information content (AvgIpc) is 2.98. The highest BCUT2D eigenvalue weighted by atomic mass is 16.4. The molecule has 2 aromatic rings. The SMILES string of the molecule is CC[C@@H](CC(=O)O)C(=O)c1ccc(-n2ccnc2)cc1. The van der Waals surface area contributed by atoms with Gasteiger partial charge in [0.25, 0.3) is 0 Å². The first-order valence-electron chi connectivity index (χ1n) is 6.46. The summed E-state index contributed by atoms with van der Waals surface area (Å²) in [5, 5.41) is 8.82. The molecule has 1 aromatic heterocycles. The zero-order valence-corrected chi connectivity index (χ0v) is 11.2. The van der Waals surface area contributed by atoms with Crippen LogP contribution in [0.15, 0.2) is 43.0 Å². The highest BCUT2D eigenvalue weighted by Gasteiger charge is 2.21. The van der Waals surface area contributed by atoms with E-state index >= 15 is 0 Å². The smallest absolute Gasteiger partial charge is 0.304 e. The number of carbonyl (C=O) groups excluding carboxylic acids is 1. The lowest BCUT2D eigenvalue weighted by molar-refractivity contribution is -0.137. The molecule has 1 heterocycles. The number of nitrogens with zero attached hydrogens (tertiary/aromatic N) is 2. The van der Waals surface area contributed by atoms with Crippen LogP contribution in [0.1, 0.15) is 30.1 Å². The molecule has 20 heavy (non-hydrogen) atoms. The summed E-state index contributed by atoms with van der Waals surface area (Å²) < 4.78 is 1.84. The van der Waals surface area contributed by atoms with E-state index in [1.54, 1.807) is 24.7 Å². The molecule has 1 aromatic carbocycles. The highest BCUT2D eigenvalue weighted by molar-refractivity contribution is 5.99. The van der Waals surface area contributed by atoms with Crippen molar-refractivity contribution in [3.63, 3.8) is 0 Å². The Morgan fingerprint density at radius 3 is 2.50 bits per heavy atom. The minimum Gasteiger partial charge on any atom is -0.481 e. The number of hydrogen-bond donors (Lipinski definition) is 1. The van der Waals surface area contributed by atoms with Crippen LogP contribution in [0, 0.1) is 5.92 Å². The summed E-state index contributed by atoms with van der Waals surface area (Å²) in [6.07, 6.45) is 5.57. The van der Waals surface area contributed by atoms with Crippen molar-refractivity contribution < 1.29 is 14.7 Å². The number of ketones is 1. The van der Waals surface area contributed by atoms with Crippen molar-refractivity contribution in [3.8, 4) is 5.69 Å². The van der Waals surface area contributed by atoms with Gasteiger partial charge in [0.2, 0.25) is 0 Å². The number of benzene rings is 1. The molecule has 5 nitrogen and oxygen atoms in total. The topological polar surface area (TPSA) is 72.2 Å². The molecule has 0 aliphatic carbocycles. The van der Waals surface area contributed by atoms with Crippen LogP contribution in [-0.2, 0) is 4.79 Å². The Labute approximate surface area is 116 Å². The zero-order chi connectivity index (χ0) is 14.5. The first-order valence-corrected chi connectivity index (χ1v) is 6.46. The number of imidazole rings is 1. The predicted octanol–water partition coefficient (Wildman–Crippen LogP) is 2.56. The highest BCUT2D eigenvalue weighted by Crippen LogP contribution is 2.18. The molecular formula is C15H16N2O3. The van der Waals surface area contributed by atoms with Crippen LogP contribution in [0.5, 0.6) is 0 Å². The second kappa shape index (κ2) is 6.14. The van der Waals surface area contributed by atoms with E-state index in [4.69, 9.17) is 5.11 Å². The summed E-state index contributed by atoms with van der Waals surface area (Å²) in [6, 6.07) is 7.09. The third kappa shape index (κ3) is 3.12. The monoisotopic (exact) mass is 272 g/mol. The average molecular weight is 272 g/mol. The molecule has 1 N–H and O–H groups in total. The Kier molecular flexibility index (Phi) is 4.30. The van der Waals surface area contributed by atoms with E-state index in [2.05, 4.69) is 4.98 Å². The molecule has 0 spiro atoms. The van der Waals surface area contributed by atoms with Gasteiger partial charge in [-0.15, -0.1) is 0 Å². The summed E-state index contributed by atoms with van der Waals surface area (Å²) in [4.78, 5) is 26.9. The molecule has 2 rings (SSSR count). The lowest BCUT2D eigenvalue weighted by Gasteiger charge is -2.11. The van der Waals surface area contributed by atoms with Crippen molar-refractivity contribution in [2.24, 2.45) is 5.92 Å². The Hall–Kier alpha value is -2.43. The van der Waals surface area contributed by atoms with E-state index in [1.165, 1.54) is 0 Å². The molecule has 0 aliphatic rings. The molecule has 5 heteroatoms. The second-order valence-electron chi connectivity index (χ2n) is 4.58. The van der Waals surface area contributed by atoms with E-state index in [0.717, 1.165) is 5.69 Å². The molecule has 0 aliphatic heterocycles. The number of aliphatic carboxylic acids is 1. The minimum absolute atomic E-state index is 0.118. The van der Waals surface area contributed by atoms with Gasteiger partial charge in [0.05, 0.1) is 12.7 Å². The van der Waals surface area contributed by atoms with Crippen molar-refractivity contribution in [2.75, 3.05) is 0 Å². The fourth-order valence-electron chi connectivity index (χ4n) is 2.08. The van der Waals surface area contributed by atoms with Gasteiger partial charge >= 0.3 is 5.97 Å². The maximum Gasteiger partial charge on any atom is 0.304 e. The van der Waals surface area contributed by atoms with Gasteiger partial charge in [-0.3, -0.25) is 9.59 Å². The Balaban J connectivity index is 2.16. The van der Waals surface area contributed by atoms with Gasteiger partial charge in [-0.2, -0.15) is 0 Å². The number of hydrogen-bond acceptors (Lipinski definition) is 3. The number of carboxylic acids is 1. The van der Waals surface area contributed by atoms with Crippen LogP contribution in [0.2, 0.25) is 0 Å². The first-order chi connectivity index (χ1) is 9.61. The maximum atomic E-state index is 12.2. The molecule has 1 atom stereocenters. The van der Waals surface area contributed by atoms with Gasteiger partial charge in [-0.05, 0) is 30.7 Å². The Morgan fingerprint density at radius 1 is 1.30 bits per heavy atom. The summed E-state index contributed by atoms with van der Waals surface area (Å²) in [5.74, 6) is -1.53. The normalized spacial score (nSPS) is 12.1. The summed E-state index contributed by atoms with van der Waals surface area (Å²) in [6.45, 7) is 1.82. The van der Waals surface area contributed by atoms with Gasteiger partial charge in [0.1, 0.15) is 0 Å². The number of Topliss-reactive ketones (excluding diaryl/α,β-unsaturated/α-hetero) is 1. The largest absolute Gasteiger partial charge is 0.481 e. The zero-order valence-electron chi connectivity index (χ0n) is 11.2. The molecule has 0 unspecified atom stereocenters. The summed E-state index contributed by atoms with van der Waals surface area (Å²) in [5.41, 5.74) is 1.45. The Bertz CT molecular complexity index is 588. The lowest BCUT2D eigenvalue weighted by Crippen LogP contribution is -2.17. The van der Waals surface area contributed by atoms with Crippen molar-refractivity contribution >= 4 is 11.8 Å². The van der Waals surface area contributed by atoms with E-state index in [0.29, 0.717) is 12.0 Å². The molecular weight excluding hydrogens is 256 g/mol. The Morgan fingerprint density at radius 2 is 2.00 bits per heavy atom. The summed E-state index contributed by atoms with van der Waals surface area (Å²) >= 11 is 0. The number of rotatable bonds is 6. The molecule has 0 fully saturated rings. The standard InChI is InChI=1S/C15H16N2O3/c1-2-11(9-14(18)19)15(20)12-3-5-13(6-4-12)17-8-7-16-10-17/h3-8,10-11H,2,9H2,1H3,(H,18,19)/t11-/m0/s1. The predicted molar refractivity (Wildman–Crippen MR) is 73.9 cm³/mol. The van der Waals surface area contributed by atoms with Crippen molar-refractivity contribution in [3.05, 3.63) is 48.5 Å². The van der Waals surface area contributed by atoms with Gasteiger partial charge in [0, 0.05) is 29.6 Å². The van der Waals surface area contributed by atoms with Crippen LogP contribution in [0.3, 0.4) is 0 Å². The number of carboxylic acid groups (broad SMARTS) is 1. The van der Waals surface area contributed by atoms with Gasteiger partial charge < -0.3 is 9.67 Å². The third-order valence-corrected chi connectivity index (χ3v) is 3.24. The maximum absolute atomic E-state index is 12.2. The molecule has 0 bridgehead atoms. The quantitative estimate of drug-likeness (QED) is 0.820. The molecule has 0 amide bonds. The van der Waals surface area contributed by atoms with Crippen LogP contribution < -0.4 is 0 Å². The van der Waals surface area contributed by atoms with Crippen molar-refractivity contribution in [2.45, 2.75) is 19.8 Å². The van der Waals surface area contributed by atoms with Crippen molar-refractivity contribution in [1.82, 2.24) is 9.55 Å². The lowest BCUT2D eigenvalue weighted by atomic mass is 9.92. The first kappa shape index (κ1) is 14.0. The number of aromatic nitrogens is 2. The third-order valence-electron chi connectivity index (χ3n) is 3.24. The molecule has 104 valence electrons. The molecule has 0 saturated carbocycles. The second-order valence-corrected chi connectivity index (χ2v) is 4.58. The molecule has 0 saturated heterocycles. The van der Waals surface area contributed by atoms with Crippen LogP contribution in [-0.4, -0.2) is 26.4 Å². The number of carbonyl (C=O) groups is 2. The molecule has 0 radical (unpaired) electrons. The van der Waals surface area contributed by atoms with Crippen LogP contribution in [0.25, 0.3) is 5.69 Å². The van der Waals surface area contributed by atoms with Gasteiger partial charge in [-0.1, -0.05) is 6.92 Å². The van der Waals surface area contributed by atoms with E-state index < -0.39 is 11.9 Å². The summed E-state index contributed by atoms with van der Waals surface area (Å²) in [7, 11) is 0. The van der Waals surface area contributed by atoms with Gasteiger partial charge in [0.15, 0.2) is 5.78 Å². The fourth-order valence-corrected chi connectivity index (χ4v) is 2.08. The van der Waals surface area contributed by atoms with E-state index in [9.17, 15) is 9.59 Å². The van der Waals surface area contributed by atoms with Crippen molar-refractivity contribution in [1.29, 1.82) is 0 Å². The van der Waals surface area contributed by atoms with Crippen LogP contribution in [0.4, 0.5) is 0 Å². The minimum atomic E-state index is -0.944. The fraction of sp³-hybridized carbons (Fsp3) is 0.267. The van der Waals surface area contributed by atoms with Crippen LogP contribution >= 0.6 is 0 Å². The van der Waals surface area contributed by atoms with E-state index in [1.807, 2.05) is 29.8 Å². The van der Waals surface area contributed by atoms with E-state index in [-0.39, 0.29) is 12.2 Å². The van der Waals surface area contributed by atoms with Gasteiger partial charge in [-0.25, -0.2) is 4.98 Å².